The van der Waals surface area contributed by atoms with E-state index in [0.717, 1.165) is 38.1 Å². The van der Waals surface area contributed by atoms with E-state index in [4.69, 9.17) is 9.47 Å². The van der Waals surface area contributed by atoms with Gasteiger partial charge in [0.1, 0.15) is 17.2 Å². The summed E-state index contributed by atoms with van der Waals surface area (Å²) in [6.45, 7) is 3.30. The lowest BCUT2D eigenvalue weighted by Gasteiger charge is -2.33. The van der Waals surface area contributed by atoms with Gasteiger partial charge in [-0.25, -0.2) is 0 Å². The van der Waals surface area contributed by atoms with Gasteiger partial charge in [0.05, 0.1) is 7.11 Å². The van der Waals surface area contributed by atoms with Crippen molar-refractivity contribution >= 4 is 5.91 Å². The Balaban J connectivity index is 1.49. The summed E-state index contributed by atoms with van der Waals surface area (Å²) < 4.78 is 11.0. The molecule has 0 spiro atoms. The van der Waals surface area contributed by atoms with Crippen LogP contribution in [0.5, 0.6) is 17.2 Å². The van der Waals surface area contributed by atoms with Crippen LogP contribution in [-0.2, 0) is 11.2 Å². The lowest BCUT2D eigenvalue weighted by molar-refractivity contribution is -0.139. The smallest absolute Gasteiger partial charge is 0.263 e. The zero-order chi connectivity index (χ0) is 19.2. The molecule has 1 unspecified atom stereocenters. The van der Waals surface area contributed by atoms with Crippen molar-refractivity contribution in [3.05, 3.63) is 54.1 Å². The van der Waals surface area contributed by atoms with Crippen LogP contribution in [0.1, 0.15) is 25.3 Å². The number of amides is 1. The van der Waals surface area contributed by atoms with Crippen molar-refractivity contribution < 1.29 is 19.4 Å². The molecule has 1 aliphatic rings. The molecule has 144 valence electrons. The molecule has 2 aromatic carbocycles. The zero-order valence-corrected chi connectivity index (χ0v) is 15.9. The first kappa shape index (κ1) is 19.1. The van der Waals surface area contributed by atoms with Crippen LogP contribution in [-0.4, -0.2) is 42.2 Å². The Morgan fingerprint density at radius 2 is 1.85 bits per heavy atom. The summed E-state index contributed by atoms with van der Waals surface area (Å²) in [7, 11) is 1.69. The van der Waals surface area contributed by atoms with Gasteiger partial charge in [-0.2, -0.15) is 0 Å². The Labute approximate surface area is 160 Å². The molecule has 5 heteroatoms. The monoisotopic (exact) mass is 369 g/mol. The molecule has 1 saturated heterocycles. The van der Waals surface area contributed by atoms with E-state index in [1.807, 2.05) is 17.0 Å². The summed E-state index contributed by atoms with van der Waals surface area (Å²) in [5.74, 6) is 2.25. The second kappa shape index (κ2) is 8.80. The molecule has 1 amide bonds. The molecular formula is C22H27NO4. The first-order chi connectivity index (χ1) is 13.0. The lowest BCUT2D eigenvalue weighted by atomic mass is 9.90. The molecule has 3 rings (SSSR count). The normalized spacial score (nSPS) is 16.0. The molecule has 1 fully saturated rings. The molecule has 0 bridgehead atoms. The molecular weight excluding hydrogens is 342 g/mol. The summed E-state index contributed by atoms with van der Waals surface area (Å²) in [6, 6.07) is 14.6. The Morgan fingerprint density at radius 3 is 2.52 bits per heavy atom. The maximum Gasteiger partial charge on any atom is 0.263 e. The van der Waals surface area contributed by atoms with E-state index >= 15 is 0 Å². The van der Waals surface area contributed by atoms with Crippen molar-refractivity contribution in [2.24, 2.45) is 5.92 Å². The third kappa shape index (κ3) is 5.16. The van der Waals surface area contributed by atoms with Crippen LogP contribution in [0.25, 0.3) is 0 Å². The van der Waals surface area contributed by atoms with E-state index in [1.165, 1.54) is 5.56 Å². The van der Waals surface area contributed by atoms with Gasteiger partial charge in [0, 0.05) is 13.1 Å². The van der Waals surface area contributed by atoms with Crippen molar-refractivity contribution in [1.82, 2.24) is 4.90 Å². The molecule has 0 aromatic heterocycles. The SMILES string of the molecule is COc1cccc(CC2CCN(C(=O)C(C)Oc3ccc(O)cc3)CC2)c1. The number of carbonyl (C=O) groups excluding carboxylic acids is 1. The van der Waals surface area contributed by atoms with E-state index in [1.54, 1.807) is 38.3 Å². The van der Waals surface area contributed by atoms with Crippen LogP contribution in [0.15, 0.2) is 48.5 Å². The molecule has 0 radical (unpaired) electrons. The Hall–Kier alpha value is -2.69. The zero-order valence-electron chi connectivity index (χ0n) is 15.9. The molecule has 2 aromatic rings. The Bertz CT molecular complexity index is 751. The minimum Gasteiger partial charge on any atom is -0.508 e. The van der Waals surface area contributed by atoms with Gasteiger partial charge in [0.25, 0.3) is 5.91 Å². The average Bonchev–Trinajstić information content (AvgIpc) is 2.70. The third-order valence-electron chi connectivity index (χ3n) is 5.08. The van der Waals surface area contributed by atoms with Crippen molar-refractivity contribution in [2.75, 3.05) is 20.2 Å². The second-order valence-corrected chi connectivity index (χ2v) is 7.08. The van der Waals surface area contributed by atoms with Crippen LogP contribution in [0, 0.1) is 5.92 Å². The first-order valence-electron chi connectivity index (χ1n) is 9.42. The van der Waals surface area contributed by atoms with Gasteiger partial charge in [0.2, 0.25) is 0 Å². The van der Waals surface area contributed by atoms with Crippen LogP contribution in [0.3, 0.4) is 0 Å². The molecule has 1 aliphatic heterocycles. The first-order valence-corrected chi connectivity index (χ1v) is 9.42. The summed E-state index contributed by atoms with van der Waals surface area (Å²) >= 11 is 0. The summed E-state index contributed by atoms with van der Waals surface area (Å²) in [6.07, 6.45) is 2.47. The fourth-order valence-corrected chi connectivity index (χ4v) is 3.53. The summed E-state index contributed by atoms with van der Waals surface area (Å²) in [4.78, 5) is 14.5. The molecule has 5 nitrogen and oxygen atoms in total. The van der Waals surface area contributed by atoms with Gasteiger partial charge in [0.15, 0.2) is 6.10 Å². The fourth-order valence-electron chi connectivity index (χ4n) is 3.53. The van der Waals surface area contributed by atoms with Crippen LogP contribution < -0.4 is 9.47 Å². The molecule has 1 N–H and O–H groups in total. The number of piperidine rings is 1. The number of hydrogen-bond donors (Lipinski definition) is 1. The van der Waals surface area contributed by atoms with Crippen LogP contribution in [0.4, 0.5) is 0 Å². The van der Waals surface area contributed by atoms with Gasteiger partial charge in [-0.05, 0) is 74.1 Å². The number of methoxy groups -OCH3 is 1. The van der Waals surface area contributed by atoms with E-state index < -0.39 is 6.10 Å². The van der Waals surface area contributed by atoms with Crippen molar-refractivity contribution in [2.45, 2.75) is 32.3 Å². The van der Waals surface area contributed by atoms with Crippen LogP contribution in [0.2, 0.25) is 0 Å². The third-order valence-corrected chi connectivity index (χ3v) is 5.08. The number of ether oxygens (including phenoxy) is 2. The molecule has 0 saturated carbocycles. The number of phenolic OH excluding ortho intramolecular Hbond substituents is 1. The van der Waals surface area contributed by atoms with E-state index in [0.29, 0.717) is 11.7 Å². The largest absolute Gasteiger partial charge is 0.508 e. The molecule has 1 atom stereocenters. The highest BCUT2D eigenvalue weighted by Gasteiger charge is 2.27. The minimum absolute atomic E-state index is 0.0166. The summed E-state index contributed by atoms with van der Waals surface area (Å²) in [5.41, 5.74) is 1.28. The maximum atomic E-state index is 12.7. The number of likely N-dealkylation sites (tertiary alicyclic amines) is 1. The van der Waals surface area contributed by atoms with Gasteiger partial charge in [-0.1, -0.05) is 12.1 Å². The predicted octanol–water partition coefficient (Wildman–Crippen LogP) is 3.65. The summed E-state index contributed by atoms with van der Waals surface area (Å²) in [5, 5.41) is 9.33. The van der Waals surface area contributed by atoms with E-state index in [2.05, 4.69) is 12.1 Å². The van der Waals surface area contributed by atoms with Crippen molar-refractivity contribution in [1.29, 1.82) is 0 Å². The van der Waals surface area contributed by atoms with Gasteiger partial charge in [-0.15, -0.1) is 0 Å². The Kier molecular flexibility index (Phi) is 6.22. The standard InChI is InChI=1S/C22H27NO4/c1-16(27-20-8-6-19(24)7-9-20)22(25)23-12-10-17(11-13-23)14-18-4-3-5-21(15-18)26-2/h3-9,15-17,24H,10-14H2,1-2H3. The molecule has 1 heterocycles. The highest BCUT2D eigenvalue weighted by atomic mass is 16.5. The van der Waals surface area contributed by atoms with Crippen molar-refractivity contribution in [3.63, 3.8) is 0 Å². The number of phenols is 1. The predicted molar refractivity (Wildman–Crippen MR) is 104 cm³/mol. The van der Waals surface area contributed by atoms with Crippen molar-refractivity contribution in [3.8, 4) is 17.2 Å². The van der Waals surface area contributed by atoms with Gasteiger partial charge in [-0.3, -0.25) is 4.79 Å². The van der Waals surface area contributed by atoms with E-state index in [-0.39, 0.29) is 11.7 Å². The average molecular weight is 369 g/mol. The lowest BCUT2D eigenvalue weighted by Crippen LogP contribution is -2.45. The minimum atomic E-state index is -0.538. The molecule has 27 heavy (non-hydrogen) atoms. The Morgan fingerprint density at radius 1 is 1.15 bits per heavy atom. The van der Waals surface area contributed by atoms with Gasteiger partial charge >= 0.3 is 0 Å². The number of hydrogen-bond acceptors (Lipinski definition) is 4. The van der Waals surface area contributed by atoms with Crippen LogP contribution >= 0.6 is 0 Å². The van der Waals surface area contributed by atoms with E-state index in [9.17, 15) is 9.90 Å². The number of carbonyl (C=O) groups is 1. The fraction of sp³-hybridized carbons (Fsp3) is 0.409. The highest BCUT2D eigenvalue weighted by Crippen LogP contribution is 2.24. The maximum absolute atomic E-state index is 12.7. The quantitative estimate of drug-likeness (QED) is 0.844. The number of rotatable bonds is 6. The molecule has 0 aliphatic carbocycles. The highest BCUT2D eigenvalue weighted by molar-refractivity contribution is 5.81. The van der Waals surface area contributed by atoms with Gasteiger partial charge < -0.3 is 19.5 Å². The number of aromatic hydroxyl groups is 1. The number of benzene rings is 2. The number of nitrogens with zero attached hydrogens (tertiary/aromatic N) is 1. The topological polar surface area (TPSA) is 59.0 Å². The second-order valence-electron chi connectivity index (χ2n) is 7.08.